The molecule has 2 heterocycles. The van der Waals surface area contributed by atoms with Gasteiger partial charge in [-0.2, -0.15) is 0 Å². The van der Waals surface area contributed by atoms with Crippen molar-refractivity contribution in [1.82, 2.24) is 0 Å². The zero-order chi connectivity index (χ0) is 29.9. The molecule has 6 rings (SSSR count). The standard InChI is InChI=1S/C36H40O6Si/c1-36(2,3)43(28-20-12-6-13-21-28,29-22-14-7-15-23-29)42-31-25-39-35(27-18-10-5-11-19-27)41-33(31)32-30(37)24-38-34(40-32)26-16-8-4-9-17-26/h4-23,30-35,37H,24-25H2,1-3H3/t30-,31-,32-,33-,34?,35?/m1/s1. The lowest BCUT2D eigenvalue weighted by Gasteiger charge is -2.50. The number of hydrogen-bond donors (Lipinski definition) is 1. The first-order chi connectivity index (χ1) is 20.9. The van der Waals surface area contributed by atoms with Crippen LogP contribution in [0.4, 0.5) is 0 Å². The fourth-order valence-corrected chi connectivity index (χ4v) is 10.9. The largest absolute Gasteiger partial charge is 0.399 e. The van der Waals surface area contributed by atoms with Crippen molar-refractivity contribution >= 4 is 18.7 Å². The molecule has 6 atom stereocenters. The Morgan fingerprint density at radius 2 is 1.02 bits per heavy atom. The lowest BCUT2D eigenvalue weighted by Crippen LogP contribution is -2.70. The zero-order valence-electron chi connectivity index (χ0n) is 24.9. The monoisotopic (exact) mass is 596 g/mol. The maximum Gasteiger partial charge on any atom is 0.261 e. The molecule has 7 heteroatoms. The van der Waals surface area contributed by atoms with Crippen LogP contribution in [0.2, 0.25) is 5.04 Å². The lowest BCUT2D eigenvalue weighted by molar-refractivity contribution is -0.329. The summed E-state index contributed by atoms with van der Waals surface area (Å²) >= 11 is 0. The summed E-state index contributed by atoms with van der Waals surface area (Å²) in [6.07, 6.45) is -4.04. The van der Waals surface area contributed by atoms with Gasteiger partial charge in [0.25, 0.3) is 8.32 Å². The first kappa shape index (κ1) is 29.9. The molecular formula is C36H40O6Si. The van der Waals surface area contributed by atoms with Gasteiger partial charge in [0.15, 0.2) is 12.6 Å². The fraction of sp³-hybridized carbons (Fsp3) is 0.333. The predicted octanol–water partition coefficient (Wildman–Crippen LogP) is 5.52. The highest BCUT2D eigenvalue weighted by atomic mass is 28.4. The lowest BCUT2D eigenvalue weighted by atomic mass is 10.0. The van der Waals surface area contributed by atoms with Crippen LogP contribution in [0.15, 0.2) is 121 Å². The van der Waals surface area contributed by atoms with Crippen molar-refractivity contribution in [2.45, 2.75) is 62.8 Å². The van der Waals surface area contributed by atoms with E-state index in [1.807, 2.05) is 72.8 Å². The third-order valence-electron chi connectivity index (χ3n) is 8.35. The third kappa shape index (κ3) is 6.12. The molecule has 2 saturated heterocycles. The summed E-state index contributed by atoms with van der Waals surface area (Å²) in [5.41, 5.74) is 1.79. The smallest absolute Gasteiger partial charge is 0.261 e. The Bertz CT molecular complexity index is 1390. The third-order valence-corrected chi connectivity index (χ3v) is 13.4. The van der Waals surface area contributed by atoms with Gasteiger partial charge < -0.3 is 28.5 Å². The summed E-state index contributed by atoms with van der Waals surface area (Å²) in [6.45, 7) is 7.13. The molecular weight excluding hydrogens is 556 g/mol. The van der Waals surface area contributed by atoms with Crippen LogP contribution in [0.1, 0.15) is 44.5 Å². The van der Waals surface area contributed by atoms with E-state index in [0.717, 1.165) is 21.5 Å². The van der Waals surface area contributed by atoms with Crippen molar-refractivity contribution < 1.29 is 28.5 Å². The summed E-state index contributed by atoms with van der Waals surface area (Å²) in [6, 6.07) is 40.7. The van der Waals surface area contributed by atoms with Crippen molar-refractivity contribution in [3.63, 3.8) is 0 Å². The van der Waals surface area contributed by atoms with Gasteiger partial charge in [0.05, 0.1) is 19.3 Å². The number of aliphatic hydroxyl groups is 1. The van der Waals surface area contributed by atoms with Gasteiger partial charge in [-0.3, -0.25) is 0 Å². The maximum atomic E-state index is 11.3. The predicted molar refractivity (Wildman–Crippen MR) is 169 cm³/mol. The molecule has 0 bridgehead atoms. The van der Waals surface area contributed by atoms with E-state index in [1.165, 1.54) is 0 Å². The van der Waals surface area contributed by atoms with E-state index in [0.29, 0.717) is 0 Å². The highest BCUT2D eigenvalue weighted by molar-refractivity contribution is 6.99. The van der Waals surface area contributed by atoms with E-state index < -0.39 is 45.3 Å². The van der Waals surface area contributed by atoms with Crippen molar-refractivity contribution in [2.75, 3.05) is 13.2 Å². The van der Waals surface area contributed by atoms with Crippen LogP contribution >= 0.6 is 0 Å². The molecule has 2 aliphatic heterocycles. The van der Waals surface area contributed by atoms with Gasteiger partial charge in [-0.25, -0.2) is 0 Å². The first-order valence-corrected chi connectivity index (χ1v) is 16.9. The summed E-state index contributed by atoms with van der Waals surface area (Å²) in [5, 5.41) is 13.4. The van der Waals surface area contributed by atoms with E-state index in [9.17, 15) is 5.11 Å². The minimum Gasteiger partial charge on any atom is -0.399 e. The highest BCUT2D eigenvalue weighted by Crippen LogP contribution is 2.41. The summed E-state index contributed by atoms with van der Waals surface area (Å²) in [7, 11) is -2.97. The van der Waals surface area contributed by atoms with Crippen LogP contribution in [0, 0.1) is 0 Å². The molecule has 0 aromatic heterocycles. The van der Waals surface area contributed by atoms with E-state index >= 15 is 0 Å². The molecule has 4 aromatic rings. The van der Waals surface area contributed by atoms with E-state index in [1.54, 1.807) is 0 Å². The van der Waals surface area contributed by atoms with Gasteiger partial charge in [-0.15, -0.1) is 0 Å². The van der Waals surface area contributed by atoms with E-state index in [4.69, 9.17) is 23.4 Å². The van der Waals surface area contributed by atoms with Crippen molar-refractivity contribution in [3.05, 3.63) is 132 Å². The van der Waals surface area contributed by atoms with Crippen LogP contribution in [0.5, 0.6) is 0 Å². The minimum atomic E-state index is -2.97. The van der Waals surface area contributed by atoms with Gasteiger partial charge in [0.2, 0.25) is 0 Å². The number of ether oxygens (including phenoxy) is 4. The van der Waals surface area contributed by atoms with Gasteiger partial charge in [-0.05, 0) is 15.4 Å². The Labute approximate surface area is 255 Å². The molecule has 0 spiro atoms. The molecule has 43 heavy (non-hydrogen) atoms. The van der Waals surface area contributed by atoms with Crippen LogP contribution in [-0.4, -0.2) is 51.1 Å². The Kier molecular flexibility index (Phi) is 8.93. The van der Waals surface area contributed by atoms with Crippen LogP contribution in [-0.2, 0) is 23.4 Å². The molecule has 2 unspecified atom stereocenters. The highest BCUT2D eigenvalue weighted by Gasteiger charge is 2.55. The first-order valence-electron chi connectivity index (χ1n) is 15.0. The van der Waals surface area contributed by atoms with Crippen LogP contribution in [0.25, 0.3) is 0 Å². The average molecular weight is 597 g/mol. The number of rotatable bonds is 7. The summed E-state index contributed by atoms with van der Waals surface area (Å²) in [5.74, 6) is 0. The second-order valence-corrected chi connectivity index (χ2v) is 16.5. The fourth-order valence-electron chi connectivity index (χ4n) is 6.27. The topological polar surface area (TPSA) is 66.4 Å². The molecule has 224 valence electrons. The van der Waals surface area contributed by atoms with Crippen molar-refractivity contribution in [2.24, 2.45) is 0 Å². The Balaban J connectivity index is 1.42. The molecule has 2 aliphatic rings. The van der Waals surface area contributed by atoms with Crippen LogP contribution in [0.3, 0.4) is 0 Å². The van der Waals surface area contributed by atoms with Gasteiger partial charge in [0, 0.05) is 11.1 Å². The quantitative estimate of drug-likeness (QED) is 0.284. The average Bonchev–Trinajstić information content (AvgIpc) is 3.05. The number of aliphatic hydroxyl groups excluding tert-OH is 1. The molecule has 0 aliphatic carbocycles. The maximum absolute atomic E-state index is 11.3. The van der Waals surface area contributed by atoms with Crippen LogP contribution < -0.4 is 10.4 Å². The number of hydrogen-bond acceptors (Lipinski definition) is 6. The molecule has 0 radical (unpaired) electrons. The van der Waals surface area contributed by atoms with Crippen molar-refractivity contribution in [1.29, 1.82) is 0 Å². The Morgan fingerprint density at radius 1 is 0.605 bits per heavy atom. The van der Waals surface area contributed by atoms with E-state index in [2.05, 4.69) is 69.3 Å². The normalized spacial score (nSPS) is 26.6. The zero-order valence-corrected chi connectivity index (χ0v) is 25.9. The van der Waals surface area contributed by atoms with Gasteiger partial charge in [0.1, 0.15) is 18.3 Å². The summed E-state index contributed by atoms with van der Waals surface area (Å²) < 4.78 is 33.1. The molecule has 2 fully saturated rings. The number of benzene rings is 4. The molecule has 1 N–H and O–H groups in total. The summed E-state index contributed by atoms with van der Waals surface area (Å²) in [4.78, 5) is 0. The second kappa shape index (κ2) is 12.8. The molecule has 4 aromatic carbocycles. The molecule has 0 saturated carbocycles. The SMILES string of the molecule is CC(C)(C)[Si](O[C@@H]1COC(c2ccccc2)O[C@H]1[C@@H]1OC(c2ccccc2)OC[C@H]1O)(c1ccccc1)c1ccccc1. The minimum absolute atomic E-state index is 0.118. The molecule has 0 amide bonds. The Morgan fingerprint density at radius 3 is 1.49 bits per heavy atom. The van der Waals surface area contributed by atoms with Gasteiger partial charge in [-0.1, -0.05) is 142 Å². The van der Waals surface area contributed by atoms with Crippen molar-refractivity contribution in [3.8, 4) is 0 Å². The van der Waals surface area contributed by atoms with E-state index in [-0.39, 0.29) is 18.3 Å². The van der Waals surface area contributed by atoms with Gasteiger partial charge >= 0.3 is 0 Å². The second-order valence-electron chi connectivity index (χ2n) is 12.2. The molecule has 6 nitrogen and oxygen atoms in total. The Hall–Kier alpha value is -3.14.